The predicted molar refractivity (Wildman–Crippen MR) is 155 cm³/mol. The van der Waals surface area contributed by atoms with E-state index in [1.54, 1.807) is 0 Å². The van der Waals surface area contributed by atoms with Gasteiger partial charge in [-0.15, -0.1) is 6.42 Å². The molecule has 2 aliphatic rings. The predicted octanol–water partition coefficient (Wildman–Crippen LogP) is -0.684. The van der Waals surface area contributed by atoms with E-state index in [1.807, 2.05) is 0 Å². The van der Waals surface area contributed by atoms with Crippen LogP contribution in [0.1, 0.15) is 33.6 Å². The minimum absolute atomic E-state index is 0.0142. The van der Waals surface area contributed by atoms with E-state index in [2.05, 4.69) is 16.6 Å². The van der Waals surface area contributed by atoms with Crippen LogP contribution in [0.4, 0.5) is 0 Å². The monoisotopic (exact) mass is 633 g/mol. The SMILES string of the molecule is C#CCOCCOCCOCCOCCOCCOCCNC(=O)COc1cccc2c1C(=O)N(C1CCC(=O)NC1=O)C2=O. The second-order valence-corrected chi connectivity index (χ2v) is 9.58. The third-order valence-corrected chi connectivity index (χ3v) is 6.40. The smallest absolute Gasteiger partial charge is 0.266 e. The number of amides is 5. The first-order chi connectivity index (χ1) is 21.9. The van der Waals surface area contributed by atoms with Gasteiger partial charge in [0.2, 0.25) is 11.8 Å². The standard InChI is InChI=1S/C30H39N3O12/c1-2-9-39-11-13-41-15-17-43-19-20-44-18-16-42-14-12-40-10-8-31-26(35)21-45-24-5-3-4-22-27(24)30(38)33(29(22)37)23-6-7-25(34)32-28(23)36/h1,3-5,23H,6-21H2,(H,31,35)(H,32,34,36). The van der Waals surface area contributed by atoms with Gasteiger partial charge in [0.25, 0.3) is 17.7 Å². The van der Waals surface area contributed by atoms with Crippen LogP contribution >= 0.6 is 0 Å². The van der Waals surface area contributed by atoms with Gasteiger partial charge in [-0.05, 0) is 18.6 Å². The van der Waals surface area contributed by atoms with Gasteiger partial charge in [0.1, 0.15) is 18.4 Å². The topological polar surface area (TPSA) is 177 Å². The van der Waals surface area contributed by atoms with E-state index in [0.717, 1.165) is 4.90 Å². The maximum atomic E-state index is 13.1. The highest BCUT2D eigenvalue weighted by Crippen LogP contribution is 2.33. The van der Waals surface area contributed by atoms with Crippen LogP contribution in [0.2, 0.25) is 0 Å². The Hall–Kier alpha value is -3.91. The molecule has 0 aliphatic carbocycles. The number of piperidine rings is 1. The summed E-state index contributed by atoms with van der Waals surface area (Å²) >= 11 is 0. The second kappa shape index (κ2) is 20.2. The number of hydrogen-bond acceptors (Lipinski definition) is 12. The molecule has 1 atom stereocenters. The minimum atomic E-state index is -1.09. The van der Waals surface area contributed by atoms with Crippen molar-refractivity contribution in [2.24, 2.45) is 0 Å². The average Bonchev–Trinajstić information content (AvgIpc) is 3.28. The summed E-state index contributed by atoms with van der Waals surface area (Å²) in [5.74, 6) is -0.567. The summed E-state index contributed by atoms with van der Waals surface area (Å²) < 4.78 is 37.6. The zero-order valence-corrected chi connectivity index (χ0v) is 25.0. The van der Waals surface area contributed by atoms with Crippen molar-refractivity contribution in [2.45, 2.75) is 18.9 Å². The Kier molecular flexibility index (Phi) is 16.0. The highest BCUT2D eigenvalue weighted by Gasteiger charge is 2.46. The molecule has 0 bridgehead atoms. The van der Waals surface area contributed by atoms with Gasteiger partial charge in [0.15, 0.2) is 6.61 Å². The van der Waals surface area contributed by atoms with Crippen LogP contribution in [0, 0.1) is 12.3 Å². The van der Waals surface area contributed by atoms with Crippen molar-refractivity contribution in [2.75, 3.05) is 92.4 Å². The van der Waals surface area contributed by atoms with Crippen molar-refractivity contribution in [3.05, 3.63) is 29.3 Å². The molecule has 45 heavy (non-hydrogen) atoms. The van der Waals surface area contributed by atoms with E-state index in [-0.39, 0.29) is 49.5 Å². The molecule has 0 spiro atoms. The first-order valence-corrected chi connectivity index (χ1v) is 14.6. The van der Waals surface area contributed by atoms with Crippen LogP contribution < -0.4 is 15.4 Å². The molecular formula is C30H39N3O12. The first-order valence-electron chi connectivity index (χ1n) is 14.6. The molecule has 2 N–H and O–H groups in total. The lowest BCUT2D eigenvalue weighted by Crippen LogP contribution is -2.54. The summed E-state index contributed by atoms with van der Waals surface area (Å²) in [6.45, 7) is 4.61. The van der Waals surface area contributed by atoms with Crippen molar-refractivity contribution >= 4 is 29.5 Å². The summed E-state index contributed by atoms with van der Waals surface area (Å²) in [5.41, 5.74) is 0.0402. The number of carbonyl (C=O) groups excluding carboxylic acids is 5. The number of carbonyl (C=O) groups is 5. The Morgan fingerprint density at radius 1 is 0.844 bits per heavy atom. The first kappa shape index (κ1) is 35.6. The summed E-state index contributed by atoms with van der Waals surface area (Å²) in [6.07, 6.45) is 5.12. The van der Waals surface area contributed by atoms with Gasteiger partial charge in [0.05, 0.1) is 83.8 Å². The molecule has 0 saturated carbocycles. The summed E-state index contributed by atoms with van der Waals surface area (Å²) in [4.78, 5) is 62.8. The van der Waals surface area contributed by atoms with Crippen molar-refractivity contribution in [3.8, 4) is 18.1 Å². The number of rotatable bonds is 23. The highest BCUT2D eigenvalue weighted by atomic mass is 16.6. The van der Waals surface area contributed by atoms with Gasteiger partial charge < -0.3 is 38.5 Å². The maximum absolute atomic E-state index is 13.1. The molecule has 15 nitrogen and oxygen atoms in total. The van der Waals surface area contributed by atoms with Crippen LogP contribution in [0.5, 0.6) is 5.75 Å². The molecule has 2 heterocycles. The highest BCUT2D eigenvalue weighted by molar-refractivity contribution is 6.24. The number of ether oxygens (including phenoxy) is 7. The van der Waals surface area contributed by atoms with Gasteiger partial charge in [-0.3, -0.25) is 34.2 Å². The zero-order valence-electron chi connectivity index (χ0n) is 25.0. The minimum Gasteiger partial charge on any atom is -0.483 e. The number of nitrogens with zero attached hydrogens (tertiary/aromatic N) is 1. The lowest BCUT2D eigenvalue weighted by molar-refractivity contribution is -0.136. The fourth-order valence-electron chi connectivity index (χ4n) is 4.29. The molecule has 5 amide bonds. The van der Waals surface area contributed by atoms with E-state index >= 15 is 0 Å². The molecule has 1 aromatic rings. The lowest BCUT2D eigenvalue weighted by atomic mass is 10.0. The normalized spacial score (nSPS) is 16.0. The fraction of sp³-hybridized carbons (Fsp3) is 0.567. The molecular weight excluding hydrogens is 594 g/mol. The van der Waals surface area contributed by atoms with Crippen LogP contribution in [-0.4, -0.2) is 133 Å². The van der Waals surface area contributed by atoms with E-state index in [9.17, 15) is 24.0 Å². The number of imide groups is 2. The van der Waals surface area contributed by atoms with Gasteiger partial charge in [-0.1, -0.05) is 12.0 Å². The molecule has 15 heteroatoms. The van der Waals surface area contributed by atoms with E-state index in [0.29, 0.717) is 66.1 Å². The Balaban J connectivity index is 1.18. The van der Waals surface area contributed by atoms with Crippen molar-refractivity contribution in [1.82, 2.24) is 15.5 Å². The van der Waals surface area contributed by atoms with Crippen molar-refractivity contribution in [1.29, 1.82) is 0 Å². The quantitative estimate of drug-likeness (QED) is 0.0883. The van der Waals surface area contributed by atoms with Crippen molar-refractivity contribution in [3.63, 3.8) is 0 Å². The lowest BCUT2D eigenvalue weighted by Gasteiger charge is -2.27. The maximum Gasteiger partial charge on any atom is 0.266 e. The number of nitrogens with one attached hydrogen (secondary N) is 2. The third-order valence-electron chi connectivity index (χ3n) is 6.40. The number of hydrogen-bond donors (Lipinski definition) is 2. The van der Waals surface area contributed by atoms with E-state index < -0.39 is 42.2 Å². The molecule has 3 rings (SSSR count). The second-order valence-electron chi connectivity index (χ2n) is 9.58. The zero-order chi connectivity index (χ0) is 32.3. The Morgan fingerprint density at radius 2 is 1.42 bits per heavy atom. The largest absolute Gasteiger partial charge is 0.483 e. The van der Waals surface area contributed by atoms with Crippen LogP contribution in [-0.2, 0) is 42.8 Å². The average molecular weight is 634 g/mol. The molecule has 1 aromatic carbocycles. The van der Waals surface area contributed by atoms with Crippen molar-refractivity contribution < 1.29 is 57.1 Å². The molecule has 246 valence electrons. The number of fused-ring (bicyclic) bond motifs is 1. The van der Waals surface area contributed by atoms with E-state index in [4.69, 9.17) is 39.6 Å². The number of terminal acetylenes is 1. The van der Waals surface area contributed by atoms with Gasteiger partial charge in [-0.25, -0.2) is 0 Å². The molecule has 2 aliphatic heterocycles. The fourth-order valence-corrected chi connectivity index (χ4v) is 4.29. The summed E-state index contributed by atoms with van der Waals surface area (Å²) in [6, 6.07) is 3.33. The molecule has 0 aromatic heterocycles. The molecule has 1 saturated heterocycles. The van der Waals surface area contributed by atoms with Gasteiger partial charge >= 0.3 is 0 Å². The van der Waals surface area contributed by atoms with Crippen LogP contribution in [0.3, 0.4) is 0 Å². The van der Waals surface area contributed by atoms with Gasteiger partial charge in [0, 0.05) is 13.0 Å². The molecule has 1 fully saturated rings. The summed E-state index contributed by atoms with van der Waals surface area (Å²) in [7, 11) is 0. The number of benzene rings is 1. The Bertz CT molecular complexity index is 1200. The Morgan fingerprint density at radius 3 is 2.00 bits per heavy atom. The van der Waals surface area contributed by atoms with Crippen LogP contribution in [0.15, 0.2) is 18.2 Å². The Labute approximate surface area is 261 Å². The van der Waals surface area contributed by atoms with Crippen LogP contribution in [0.25, 0.3) is 0 Å². The summed E-state index contributed by atoms with van der Waals surface area (Å²) in [5, 5.41) is 4.79. The molecule has 0 radical (unpaired) electrons. The molecule has 1 unspecified atom stereocenters. The van der Waals surface area contributed by atoms with E-state index in [1.165, 1.54) is 18.2 Å². The third kappa shape index (κ3) is 11.8. The van der Waals surface area contributed by atoms with Gasteiger partial charge in [-0.2, -0.15) is 0 Å².